The number of nitrogens with zero attached hydrogens (tertiary/aromatic N) is 5. The second-order valence-electron chi connectivity index (χ2n) is 8.26. The molecule has 3 atom stereocenters. The summed E-state index contributed by atoms with van der Waals surface area (Å²) in [6.07, 6.45) is 4.25. The first-order valence-electron chi connectivity index (χ1n) is 10.3. The van der Waals surface area contributed by atoms with E-state index in [0.717, 1.165) is 28.8 Å². The number of fused-ring (bicyclic) bond motifs is 1. The maximum atomic E-state index is 13.6. The van der Waals surface area contributed by atoms with Crippen LogP contribution in [-0.2, 0) is 0 Å². The number of carbonyl (C=O) groups excluding carboxylic acids is 1. The zero-order valence-electron chi connectivity index (χ0n) is 17.6. The lowest BCUT2D eigenvalue weighted by Crippen LogP contribution is -2.34. The first-order chi connectivity index (χ1) is 15.0. The van der Waals surface area contributed by atoms with Crippen molar-refractivity contribution in [3.63, 3.8) is 0 Å². The Bertz CT molecular complexity index is 1260. The topological polar surface area (TPSA) is 79.7 Å². The molecule has 0 radical (unpaired) electrons. The van der Waals surface area contributed by atoms with Crippen LogP contribution in [0.3, 0.4) is 0 Å². The first kappa shape index (κ1) is 19.8. The van der Waals surface area contributed by atoms with Gasteiger partial charge in [0, 0.05) is 12.1 Å². The molecule has 3 unspecified atom stereocenters. The highest BCUT2D eigenvalue weighted by molar-refractivity contribution is 6.32. The Hall–Kier alpha value is -3.19. The van der Waals surface area contributed by atoms with Crippen molar-refractivity contribution < 1.29 is 4.79 Å². The molecule has 31 heavy (non-hydrogen) atoms. The van der Waals surface area contributed by atoms with Crippen molar-refractivity contribution in [3.05, 3.63) is 70.8 Å². The van der Waals surface area contributed by atoms with E-state index in [1.807, 2.05) is 50.4 Å². The van der Waals surface area contributed by atoms with Crippen LogP contribution in [0.4, 0.5) is 0 Å². The minimum absolute atomic E-state index is 0.0905. The molecule has 1 aliphatic carbocycles. The van der Waals surface area contributed by atoms with E-state index >= 15 is 0 Å². The molecule has 0 aliphatic heterocycles. The third-order valence-corrected chi connectivity index (χ3v) is 6.64. The Labute approximate surface area is 185 Å². The van der Waals surface area contributed by atoms with E-state index in [1.54, 1.807) is 17.3 Å². The lowest BCUT2D eigenvalue weighted by atomic mass is 10.1. The van der Waals surface area contributed by atoms with Crippen molar-refractivity contribution >= 4 is 28.5 Å². The maximum absolute atomic E-state index is 13.6. The molecule has 1 amide bonds. The van der Waals surface area contributed by atoms with Gasteiger partial charge in [0.25, 0.3) is 5.91 Å². The molecule has 0 saturated heterocycles. The van der Waals surface area contributed by atoms with Crippen LogP contribution in [0.5, 0.6) is 0 Å². The standard InChI is InChI=1S/C23H23ClN6O/c1-13-12-16(13)21(22-27-18-9-8-17(24)14(2)20(18)28-22)29(3)23(31)15-6-4-5-7-19(15)30-25-10-11-26-30/h4-11,13,16,21H,12H2,1-3H3,(H,27,28). The highest BCUT2D eigenvalue weighted by Crippen LogP contribution is 2.49. The molecule has 1 N–H and O–H groups in total. The summed E-state index contributed by atoms with van der Waals surface area (Å²) in [6.45, 7) is 4.19. The number of hydrogen-bond donors (Lipinski definition) is 1. The number of aryl methyl sites for hydroxylation is 1. The summed E-state index contributed by atoms with van der Waals surface area (Å²) in [5.41, 5.74) is 3.94. The Kier molecular flexibility index (Phi) is 4.78. The molecule has 0 spiro atoms. The summed E-state index contributed by atoms with van der Waals surface area (Å²) < 4.78 is 0. The number of H-pyrrole nitrogens is 1. The Morgan fingerprint density at radius 2 is 1.94 bits per heavy atom. The fourth-order valence-electron chi connectivity index (χ4n) is 4.30. The summed E-state index contributed by atoms with van der Waals surface area (Å²) in [6, 6.07) is 11.0. The maximum Gasteiger partial charge on any atom is 0.256 e. The predicted octanol–water partition coefficient (Wildman–Crippen LogP) is 4.57. The Balaban J connectivity index is 1.55. The van der Waals surface area contributed by atoms with E-state index < -0.39 is 0 Å². The molecule has 4 aromatic rings. The number of rotatable bonds is 5. The third-order valence-electron chi connectivity index (χ3n) is 6.23. The molecule has 2 heterocycles. The normalized spacial score (nSPS) is 18.8. The Morgan fingerprint density at radius 1 is 1.23 bits per heavy atom. The van der Waals surface area contributed by atoms with E-state index in [-0.39, 0.29) is 11.9 Å². The molecular formula is C23H23ClN6O. The average molecular weight is 435 g/mol. The molecule has 1 fully saturated rings. The lowest BCUT2D eigenvalue weighted by molar-refractivity contribution is 0.0699. The van der Waals surface area contributed by atoms with Crippen LogP contribution in [0.15, 0.2) is 48.8 Å². The summed E-state index contributed by atoms with van der Waals surface area (Å²) >= 11 is 6.31. The number of aromatic nitrogens is 5. The van der Waals surface area contributed by atoms with Crippen molar-refractivity contribution in [3.8, 4) is 5.69 Å². The zero-order valence-corrected chi connectivity index (χ0v) is 18.3. The molecule has 2 aromatic heterocycles. The van der Waals surface area contributed by atoms with Gasteiger partial charge in [0.1, 0.15) is 5.82 Å². The van der Waals surface area contributed by atoms with Crippen LogP contribution in [0.1, 0.15) is 41.1 Å². The van der Waals surface area contributed by atoms with Crippen LogP contribution in [-0.4, -0.2) is 42.8 Å². The van der Waals surface area contributed by atoms with E-state index in [2.05, 4.69) is 22.1 Å². The van der Waals surface area contributed by atoms with Crippen molar-refractivity contribution in [1.82, 2.24) is 29.9 Å². The lowest BCUT2D eigenvalue weighted by Gasteiger charge is -2.28. The van der Waals surface area contributed by atoms with Crippen LogP contribution >= 0.6 is 11.6 Å². The van der Waals surface area contributed by atoms with Crippen LogP contribution < -0.4 is 0 Å². The smallest absolute Gasteiger partial charge is 0.256 e. The quantitative estimate of drug-likeness (QED) is 0.498. The zero-order chi connectivity index (χ0) is 21.7. The number of hydrogen-bond acceptors (Lipinski definition) is 4. The number of amides is 1. The second kappa shape index (κ2) is 7.50. The van der Waals surface area contributed by atoms with Crippen molar-refractivity contribution in [2.75, 3.05) is 7.05 Å². The predicted molar refractivity (Wildman–Crippen MR) is 119 cm³/mol. The number of aromatic amines is 1. The first-order valence-corrected chi connectivity index (χ1v) is 10.7. The number of carbonyl (C=O) groups is 1. The van der Waals surface area contributed by atoms with Gasteiger partial charge in [-0.1, -0.05) is 30.7 Å². The number of nitrogens with one attached hydrogen (secondary N) is 1. The van der Waals surface area contributed by atoms with Crippen molar-refractivity contribution in [2.24, 2.45) is 11.8 Å². The van der Waals surface area contributed by atoms with E-state index in [0.29, 0.717) is 28.1 Å². The highest BCUT2D eigenvalue weighted by Gasteiger charge is 2.45. The van der Waals surface area contributed by atoms with Crippen molar-refractivity contribution in [2.45, 2.75) is 26.3 Å². The molecular weight excluding hydrogens is 412 g/mol. The average Bonchev–Trinajstić information content (AvgIpc) is 3.18. The largest absolute Gasteiger partial charge is 0.340 e. The number of benzene rings is 2. The minimum Gasteiger partial charge on any atom is -0.340 e. The summed E-state index contributed by atoms with van der Waals surface area (Å²) in [7, 11) is 1.85. The number of halogens is 1. The number of para-hydroxylation sites is 1. The second-order valence-corrected chi connectivity index (χ2v) is 8.67. The fourth-order valence-corrected chi connectivity index (χ4v) is 4.46. The monoisotopic (exact) mass is 434 g/mol. The van der Waals surface area contributed by atoms with Gasteiger partial charge in [0.2, 0.25) is 0 Å². The third kappa shape index (κ3) is 3.39. The molecule has 158 valence electrons. The van der Waals surface area contributed by atoms with E-state index in [4.69, 9.17) is 16.6 Å². The molecule has 8 heteroatoms. The van der Waals surface area contributed by atoms with Gasteiger partial charge in [-0.3, -0.25) is 4.79 Å². The van der Waals surface area contributed by atoms with Gasteiger partial charge < -0.3 is 9.88 Å². The SMILES string of the molecule is Cc1c(Cl)ccc2nc(C(C3CC3C)N(C)C(=O)c3ccccc3-n3nccn3)[nH]c12. The van der Waals surface area contributed by atoms with E-state index in [1.165, 1.54) is 4.80 Å². The van der Waals surface area contributed by atoms with Gasteiger partial charge in [-0.25, -0.2) is 4.98 Å². The summed E-state index contributed by atoms with van der Waals surface area (Å²) in [5, 5.41) is 9.10. The minimum atomic E-state index is -0.160. The van der Waals surface area contributed by atoms with Gasteiger partial charge in [-0.05, 0) is 55.0 Å². The van der Waals surface area contributed by atoms with Crippen molar-refractivity contribution in [1.29, 1.82) is 0 Å². The van der Waals surface area contributed by atoms with Crippen LogP contribution in [0.2, 0.25) is 5.02 Å². The van der Waals surface area contributed by atoms with Crippen LogP contribution in [0, 0.1) is 18.8 Å². The molecule has 1 aliphatic rings. The summed E-state index contributed by atoms with van der Waals surface area (Å²) in [5.74, 6) is 1.58. The molecule has 2 aromatic carbocycles. The van der Waals surface area contributed by atoms with E-state index in [9.17, 15) is 4.79 Å². The van der Waals surface area contributed by atoms with Gasteiger partial charge in [-0.2, -0.15) is 15.0 Å². The van der Waals surface area contributed by atoms with Gasteiger partial charge in [0.05, 0.1) is 40.7 Å². The highest BCUT2D eigenvalue weighted by atomic mass is 35.5. The molecule has 7 nitrogen and oxygen atoms in total. The number of imidazole rings is 1. The molecule has 1 saturated carbocycles. The molecule has 5 rings (SSSR count). The van der Waals surface area contributed by atoms with Crippen LogP contribution in [0.25, 0.3) is 16.7 Å². The Morgan fingerprint density at radius 3 is 2.65 bits per heavy atom. The van der Waals surface area contributed by atoms with Gasteiger partial charge in [-0.15, -0.1) is 0 Å². The fraction of sp³-hybridized carbons (Fsp3) is 0.304. The van der Waals surface area contributed by atoms with Gasteiger partial charge >= 0.3 is 0 Å². The molecule has 0 bridgehead atoms. The van der Waals surface area contributed by atoms with Gasteiger partial charge in [0.15, 0.2) is 0 Å². The summed E-state index contributed by atoms with van der Waals surface area (Å²) in [4.78, 5) is 25.2.